The topological polar surface area (TPSA) is 111 Å². The van der Waals surface area contributed by atoms with Crippen molar-refractivity contribution in [2.45, 2.75) is 0 Å². The Hall–Kier alpha value is -4.59. The molecule has 160 valence electrons. The second-order valence-electron chi connectivity index (χ2n) is 6.52. The number of carbonyl (C=O) groups is 2. The first-order valence-electron chi connectivity index (χ1n) is 9.53. The predicted octanol–water partition coefficient (Wildman–Crippen LogP) is 3.88. The first kappa shape index (κ1) is 22.1. The summed E-state index contributed by atoms with van der Waals surface area (Å²) in [5.74, 6) is -1.33. The molecule has 0 aliphatic carbocycles. The Kier molecular flexibility index (Phi) is 7.21. The third kappa shape index (κ3) is 5.51. The molecule has 1 N–H and O–H groups in total. The molecule has 0 bridgehead atoms. The number of carbonyl (C=O) groups excluding carboxylic acids is 2. The second kappa shape index (κ2) is 10.4. The van der Waals surface area contributed by atoms with Crippen molar-refractivity contribution in [1.29, 1.82) is 0 Å². The van der Waals surface area contributed by atoms with Crippen LogP contribution in [0.4, 0.5) is 5.69 Å². The normalized spacial score (nSPS) is 10.7. The summed E-state index contributed by atoms with van der Waals surface area (Å²) in [5.41, 5.74) is 4.66. The largest absolute Gasteiger partial charge is 0.464 e. The van der Waals surface area contributed by atoms with Crippen LogP contribution in [0.3, 0.4) is 0 Å². The number of ketones is 1. The van der Waals surface area contributed by atoms with Crippen molar-refractivity contribution in [3.63, 3.8) is 0 Å². The molecule has 0 radical (unpaired) electrons. The summed E-state index contributed by atoms with van der Waals surface area (Å²) in [4.78, 5) is 35.1. The van der Waals surface area contributed by atoms with E-state index < -0.39 is 16.7 Å². The minimum atomic E-state index is -0.788. The third-order valence-corrected chi connectivity index (χ3v) is 4.43. The molecule has 0 unspecified atom stereocenters. The Morgan fingerprint density at radius 2 is 1.41 bits per heavy atom. The average Bonchev–Trinajstić information content (AvgIpc) is 2.84. The molecule has 0 aliphatic rings. The fourth-order valence-electron chi connectivity index (χ4n) is 2.81. The molecule has 0 saturated heterocycles. The molecule has 3 aromatic rings. The quantitative estimate of drug-likeness (QED) is 0.145. The number of nitrogens with zero attached hydrogens (tertiary/aromatic N) is 2. The molecule has 0 aliphatic heterocycles. The van der Waals surface area contributed by atoms with Gasteiger partial charge in [-0.1, -0.05) is 60.7 Å². The van der Waals surface area contributed by atoms with Gasteiger partial charge in [0.05, 0.1) is 17.7 Å². The number of nitro benzene ring substituents is 1. The Morgan fingerprint density at radius 3 is 1.88 bits per heavy atom. The zero-order valence-corrected chi connectivity index (χ0v) is 17.1. The van der Waals surface area contributed by atoms with Crippen LogP contribution < -0.4 is 5.43 Å². The van der Waals surface area contributed by atoms with Crippen LogP contribution in [0.15, 0.2) is 102 Å². The molecule has 8 heteroatoms. The van der Waals surface area contributed by atoms with Crippen LogP contribution in [0.2, 0.25) is 0 Å². The maximum atomic E-state index is 12.6. The molecule has 0 amide bonds. The molecule has 0 heterocycles. The van der Waals surface area contributed by atoms with E-state index in [1.165, 1.54) is 31.4 Å². The summed E-state index contributed by atoms with van der Waals surface area (Å²) in [6, 6.07) is 23.8. The molecule has 0 fully saturated rings. The van der Waals surface area contributed by atoms with Crippen LogP contribution in [-0.4, -0.2) is 29.5 Å². The van der Waals surface area contributed by atoms with Gasteiger partial charge in [-0.3, -0.25) is 20.3 Å². The van der Waals surface area contributed by atoms with Gasteiger partial charge in [-0.25, -0.2) is 4.79 Å². The summed E-state index contributed by atoms with van der Waals surface area (Å²) >= 11 is 0. The van der Waals surface area contributed by atoms with Crippen molar-refractivity contribution < 1.29 is 19.2 Å². The van der Waals surface area contributed by atoms with Gasteiger partial charge in [-0.15, -0.1) is 0 Å². The van der Waals surface area contributed by atoms with Crippen LogP contribution in [0.25, 0.3) is 0 Å². The van der Waals surface area contributed by atoms with Gasteiger partial charge in [0, 0.05) is 34.9 Å². The average molecular weight is 429 g/mol. The minimum absolute atomic E-state index is 0.142. The van der Waals surface area contributed by atoms with Gasteiger partial charge < -0.3 is 4.74 Å². The van der Waals surface area contributed by atoms with Crippen LogP contribution in [-0.2, 0) is 9.53 Å². The SMILES string of the molecule is COC(=O)/C(=C/C(=O)c1ccc([N+](=O)[O-])cc1)NN=C(c1ccccc1)c1ccccc1. The molecule has 0 atom stereocenters. The maximum Gasteiger partial charge on any atom is 0.356 e. The number of esters is 1. The number of methoxy groups -OCH3 is 1. The summed E-state index contributed by atoms with van der Waals surface area (Å²) in [6.45, 7) is 0. The lowest BCUT2D eigenvalue weighted by Gasteiger charge is -2.10. The lowest BCUT2D eigenvalue weighted by Crippen LogP contribution is -2.21. The number of allylic oxidation sites excluding steroid dienone is 1. The molecule has 3 aromatic carbocycles. The van der Waals surface area contributed by atoms with E-state index in [0.717, 1.165) is 17.2 Å². The number of hydrogen-bond acceptors (Lipinski definition) is 7. The van der Waals surface area contributed by atoms with Gasteiger partial charge in [-0.2, -0.15) is 5.10 Å². The first-order valence-corrected chi connectivity index (χ1v) is 9.53. The zero-order chi connectivity index (χ0) is 22.9. The number of ether oxygens (including phenoxy) is 1. The Morgan fingerprint density at radius 1 is 0.875 bits per heavy atom. The highest BCUT2D eigenvalue weighted by atomic mass is 16.6. The summed E-state index contributed by atoms with van der Waals surface area (Å²) < 4.78 is 4.76. The van der Waals surface area contributed by atoms with Crippen molar-refractivity contribution in [1.82, 2.24) is 5.43 Å². The van der Waals surface area contributed by atoms with Crippen molar-refractivity contribution in [3.05, 3.63) is 124 Å². The van der Waals surface area contributed by atoms with E-state index in [1.54, 1.807) is 0 Å². The van der Waals surface area contributed by atoms with Crippen LogP contribution in [0, 0.1) is 10.1 Å². The van der Waals surface area contributed by atoms with E-state index in [2.05, 4.69) is 10.5 Å². The van der Waals surface area contributed by atoms with Crippen molar-refractivity contribution in [2.75, 3.05) is 7.11 Å². The first-order chi connectivity index (χ1) is 15.5. The van der Waals surface area contributed by atoms with E-state index in [4.69, 9.17) is 4.74 Å². The molecule has 8 nitrogen and oxygen atoms in total. The lowest BCUT2D eigenvalue weighted by molar-refractivity contribution is -0.384. The third-order valence-electron chi connectivity index (χ3n) is 4.43. The molecule has 3 rings (SSSR count). The Bertz CT molecular complexity index is 1130. The van der Waals surface area contributed by atoms with Crippen molar-refractivity contribution in [2.24, 2.45) is 5.10 Å². The van der Waals surface area contributed by atoms with E-state index in [-0.39, 0.29) is 16.9 Å². The van der Waals surface area contributed by atoms with Crippen LogP contribution in [0.1, 0.15) is 21.5 Å². The summed E-state index contributed by atoms with van der Waals surface area (Å²) in [7, 11) is 1.19. The Balaban J connectivity index is 1.94. The van der Waals surface area contributed by atoms with Gasteiger partial charge in [0.15, 0.2) is 5.78 Å². The van der Waals surface area contributed by atoms with Gasteiger partial charge in [0.1, 0.15) is 5.70 Å². The van der Waals surface area contributed by atoms with E-state index in [9.17, 15) is 19.7 Å². The van der Waals surface area contributed by atoms with Gasteiger partial charge >= 0.3 is 5.97 Å². The van der Waals surface area contributed by atoms with E-state index in [0.29, 0.717) is 5.71 Å². The summed E-state index contributed by atoms with van der Waals surface area (Å²) in [6.07, 6.45) is 1.05. The number of nitrogens with one attached hydrogen (secondary N) is 1. The van der Waals surface area contributed by atoms with Crippen molar-refractivity contribution in [3.8, 4) is 0 Å². The summed E-state index contributed by atoms with van der Waals surface area (Å²) in [5, 5.41) is 15.2. The highest BCUT2D eigenvalue weighted by Gasteiger charge is 2.15. The highest BCUT2D eigenvalue weighted by molar-refractivity contribution is 6.13. The number of hydrogen-bond donors (Lipinski definition) is 1. The Labute approximate surface area is 184 Å². The smallest absolute Gasteiger partial charge is 0.356 e. The van der Waals surface area contributed by atoms with Crippen LogP contribution >= 0.6 is 0 Å². The highest BCUT2D eigenvalue weighted by Crippen LogP contribution is 2.14. The molecule has 0 saturated carbocycles. The van der Waals surface area contributed by atoms with Gasteiger partial charge in [-0.05, 0) is 12.1 Å². The molecule has 0 aromatic heterocycles. The van der Waals surface area contributed by atoms with E-state index in [1.807, 2.05) is 60.7 Å². The number of hydrazone groups is 1. The molecule has 32 heavy (non-hydrogen) atoms. The van der Waals surface area contributed by atoms with Gasteiger partial charge in [0.2, 0.25) is 0 Å². The fraction of sp³-hybridized carbons (Fsp3) is 0.0417. The molecular formula is C24H19N3O5. The lowest BCUT2D eigenvalue weighted by atomic mass is 10.0. The number of nitro groups is 1. The second-order valence-corrected chi connectivity index (χ2v) is 6.52. The number of rotatable bonds is 8. The van der Waals surface area contributed by atoms with Gasteiger partial charge in [0.25, 0.3) is 5.69 Å². The van der Waals surface area contributed by atoms with Crippen LogP contribution in [0.5, 0.6) is 0 Å². The zero-order valence-electron chi connectivity index (χ0n) is 17.1. The molecular weight excluding hydrogens is 410 g/mol. The predicted molar refractivity (Wildman–Crippen MR) is 119 cm³/mol. The monoisotopic (exact) mass is 429 g/mol. The maximum absolute atomic E-state index is 12.6. The fourth-order valence-corrected chi connectivity index (χ4v) is 2.81. The van der Waals surface area contributed by atoms with Crippen molar-refractivity contribution >= 4 is 23.2 Å². The standard InChI is InChI=1S/C24H19N3O5/c1-32-24(29)21(16-22(28)17-12-14-20(15-13-17)27(30)31)25-26-23(18-8-4-2-5-9-18)19-10-6-3-7-11-19/h2-16,25H,1H3/b21-16-. The number of benzene rings is 3. The molecule has 0 spiro atoms. The minimum Gasteiger partial charge on any atom is -0.464 e. The van der Waals surface area contributed by atoms with E-state index >= 15 is 0 Å². The number of non-ortho nitro benzene ring substituents is 1.